The number of Topliss-reactive ketones (excluding diaryl/α,β-unsaturated/α-hetero) is 1. The summed E-state index contributed by atoms with van der Waals surface area (Å²) in [5.74, 6) is 0.103. The number of ketones is 1. The van der Waals surface area contributed by atoms with Crippen molar-refractivity contribution >= 4 is 11.8 Å². The van der Waals surface area contributed by atoms with Gasteiger partial charge in [0.2, 0.25) is 0 Å². The van der Waals surface area contributed by atoms with Gasteiger partial charge in [0.25, 0.3) is 0 Å². The van der Waals surface area contributed by atoms with Crippen LogP contribution in [0, 0.1) is 5.92 Å². The van der Waals surface area contributed by atoms with Gasteiger partial charge in [0.05, 0.1) is 0 Å². The fraction of sp³-hybridized carbons (Fsp3) is 0.750. The number of hydrogen-bond donors (Lipinski definition) is 0. The summed E-state index contributed by atoms with van der Waals surface area (Å²) >= 11 is 0. The van der Waals surface area contributed by atoms with Crippen LogP contribution < -0.4 is 0 Å². The molecule has 0 aromatic rings. The van der Waals surface area contributed by atoms with Crippen LogP contribution in [0.3, 0.4) is 0 Å². The molecule has 1 saturated carbocycles. The first-order valence-electron chi connectivity index (χ1n) is 3.78. The first kappa shape index (κ1) is 8.24. The Morgan fingerprint density at radius 3 is 2.55 bits per heavy atom. The quantitative estimate of drug-likeness (QED) is 0.530. The van der Waals surface area contributed by atoms with E-state index >= 15 is 0 Å². The van der Waals surface area contributed by atoms with E-state index in [9.17, 15) is 9.59 Å². The molecule has 2 unspecified atom stereocenters. The molecule has 0 aromatic heterocycles. The second kappa shape index (κ2) is 3.03. The topological polar surface area (TPSA) is 43.4 Å². The minimum Gasteiger partial charge on any atom is -0.462 e. The molecule has 0 heterocycles. The zero-order valence-electron chi connectivity index (χ0n) is 6.79. The van der Waals surface area contributed by atoms with E-state index in [4.69, 9.17) is 4.74 Å². The predicted octanol–water partition coefficient (Wildman–Crippen LogP) is 0.917. The summed E-state index contributed by atoms with van der Waals surface area (Å²) in [6, 6.07) is 0. The van der Waals surface area contributed by atoms with Crippen LogP contribution in [0.2, 0.25) is 0 Å². The molecule has 3 nitrogen and oxygen atoms in total. The van der Waals surface area contributed by atoms with E-state index in [2.05, 4.69) is 0 Å². The van der Waals surface area contributed by atoms with Gasteiger partial charge in [-0.05, 0) is 0 Å². The Labute approximate surface area is 65.7 Å². The fourth-order valence-electron chi connectivity index (χ4n) is 1.37. The van der Waals surface area contributed by atoms with E-state index in [1.165, 1.54) is 6.92 Å². The molecule has 1 aliphatic carbocycles. The zero-order chi connectivity index (χ0) is 8.43. The van der Waals surface area contributed by atoms with Crippen LogP contribution in [0.5, 0.6) is 0 Å². The number of hydrogen-bond acceptors (Lipinski definition) is 3. The van der Waals surface area contributed by atoms with Crippen LogP contribution in [-0.2, 0) is 14.3 Å². The molecular formula is C8H12O3. The highest BCUT2D eigenvalue weighted by Gasteiger charge is 2.31. The number of carbonyl (C=O) groups excluding carboxylic acids is 2. The lowest BCUT2D eigenvalue weighted by Gasteiger charge is -2.13. The lowest BCUT2D eigenvalue weighted by atomic mass is 10.1. The molecule has 0 amide bonds. The first-order valence-corrected chi connectivity index (χ1v) is 3.78. The van der Waals surface area contributed by atoms with E-state index in [0.29, 0.717) is 12.8 Å². The van der Waals surface area contributed by atoms with Crippen LogP contribution in [0.15, 0.2) is 0 Å². The lowest BCUT2D eigenvalue weighted by Crippen LogP contribution is -2.18. The van der Waals surface area contributed by atoms with Crippen LogP contribution >= 0.6 is 0 Å². The summed E-state index contributed by atoms with van der Waals surface area (Å²) in [6.07, 6.45) is 0.790. The van der Waals surface area contributed by atoms with E-state index in [-0.39, 0.29) is 23.8 Å². The summed E-state index contributed by atoms with van der Waals surface area (Å²) in [5.41, 5.74) is 0. The van der Waals surface area contributed by atoms with E-state index < -0.39 is 0 Å². The Morgan fingerprint density at radius 1 is 1.55 bits per heavy atom. The summed E-state index contributed by atoms with van der Waals surface area (Å²) < 4.78 is 4.93. The molecule has 0 saturated heterocycles. The highest BCUT2D eigenvalue weighted by molar-refractivity contribution is 5.82. The minimum atomic E-state index is -0.295. The molecule has 0 bridgehead atoms. The van der Waals surface area contributed by atoms with Gasteiger partial charge in [-0.3, -0.25) is 9.59 Å². The van der Waals surface area contributed by atoms with Crippen molar-refractivity contribution in [2.75, 3.05) is 0 Å². The Morgan fingerprint density at radius 2 is 2.18 bits per heavy atom. The van der Waals surface area contributed by atoms with Crippen molar-refractivity contribution in [2.24, 2.45) is 5.92 Å². The molecule has 3 heteroatoms. The Bertz CT molecular complexity index is 186. The minimum absolute atomic E-state index is 0.167. The number of carbonyl (C=O) groups is 2. The molecule has 62 valence electrons. The second-order valence-corrected chi connectivity index (χ2v) is 3.07. The molecular weight excluding hydrogens is 144 g/mol. The first-order chi connectivity index (χ1) is 5.09. The average Bonchev–Trinajstić information content (AvgIpc) is 2.09. The van der Waals surface area contributed by atoms with Crippen molar-refractivity contribution in [3.63, 3.8) is 0 Å². The van der Waals surface area contributed by atoms with Gasteiger partial charge < -0.3 is 4.74 Å². The highest BCUT2D eigenvalue weighted by atomic mass is 16.5. The summed E-state index contributed by atoms with van der Waals surface area (Å²) in [4.78, 5) is 21.4. The van der Waals surface area contributed by atoms with Gasteiger partial charge in [-0.15, -0.1) is 0 Å². The Hall–Kier alpha value is -0.860. The van der Waals surface area contributed by atoms with E-state index in [0.717, 1.165) is 0 Å². The van der Waals surface area contributed by atoms with Gasteiger partial charge in [-0.2, -0.15) is 0 Å². The van der Waals surface area contributed by atoms with Crippen molar-refractivity contribution < 1.29 is 14.3 Å². The summed E-state index contributed by atoms with van der Waals surface area (Å²) in [7, 11) is 0. The van der Waals surface area contributed by atoms with Gasteiger partial charge in [0.1, 0.15) is 11.9 Å². The maximum Gasteiger partial charge on any atom is 0.302 e. The third-order valence-electron chi connectivity index (χ3n) is 1.93. The van der Waals surface area contributed by atoms with Crippen LogP contribution in [0.1, 0.15) is 26.7 Å². The predicted molar refractivity (Wildman–Crippen MR) is 39.0 cm³/mol. The number of esters is 1. The molecule has 1 aliphatic rings. The summed E-state index contributed by atoms with van der Waals surface area (Å²) in [5, 5.41) is 0. The highest BCUT2D eigenvalue weighted by Crippen LogP contribution is 2.24. The molecule has 1 rings (SSSR count). The van der Waals surface area contributed by atoms with Crippen molar-refractivity contribution in [1.82, 2.24) is 0 Å². The van der Waals surface area contributed by atoms with E-state index in [1.54, 1.807) is 0 Å². The Balaban J connectivity index is 2.46. The zero-order valence-corrected chi connectivity index (χ0v) is 6.79. The van der Waals surface area contributed by atoms with Gasteiger partial charge in [0.15, 0.2) is 0 Å². The van der Waals surface area contributed by atoms with Crippen LogP contribution in [0.4, 0.5) is 0 Å². The number of rotatable bonds is 1. The third-order valence-corrected chi connectivity index (χ3v) is 1.93. The van der Waals surface area contributed by atoms with Crippen molar-refractivity contribution in [3.05, 3.63) is 0 Å². The van der Waals surface area contributed by atoms with Gasteiger partial charge in [0, 0.05) is 25.7 Å². The molecule has 11 heavy (non-hydrogen) atoms. The second-order valence-electron chi connectivity index (χ2n) is 3.07. The lowest BCUT2D eigenvalue weighted by molar-refractivity contribution is -0.147. The van der Waals surface area contributed by atoms with Gasteiger partial charge >= 0.3 is 5.97 Å². The largest absolute Gasteiger partial charge is 0.462 e. The monoisotopic (exact) mass is 156 g/mol. The molecule has 0 radical (unpaired) electrons. The molecule has 0 spiro atoms. The van der Waals surface area contributed by atoms with Crippen LogP contribution in [0.25, 0.3) is 0 Å². The summed E-state index contributed by atoms with van der Waals surface area (Å²) in [6.45, 7) is 3.30. The van der Waals surface area contributed by atoms with Crippen molar-refractivity contribution in [3.8, 4) is 0 Å². The maximum atomic E-state index is 10.9. The third kappa shape index (κ3) is 2.03. The van der Waals surface area contributed by atoms with Crippen LogP contribution in [-0.4, -0.2) is 17.9 Å². The van der Waals surface area contributed by atoms with Gasteiger partial charge in [-0.25, -0.2) is 0 Å². The van der Waals surface area contributed by atoms with Crippen molar-refractivity contribution in [2.45, 2.75) is 32.8 Å². The standard InChI is InChI=1S/C8H12O3/c1-5-3-7(10)4-8(5)11-6(2)9/h5,8H,3-4H2,1-2H3. The number of ether oxygens (including phenoxy) is 1. The SMILES string of the molecule is CC(=O)OC1CC(=O)CC1C. The fourth-order valence-corrected chi connectivity index (χ4v) is 1.37. The molecule has 2 atom stereocenters. The Kier molecular flexibility index (Phi) is 2.27. The molecule has 0 aliphatic heterocycles. The molecule has 1 fully saturated rings. The smallest absolute Gasteiger partial charge is 0.302 e. The van der Waals surface area contributed by atoms with Gasteiger partial charge in [-0.1, -0.05) is 6.92 Å². The molecule has 0 aromatic carbocycles. The normalized spacial score (nSPS) is 30.5. The average molecular weight is 156 g/mol. The maximum absolute atomic E-state index is 10.9. The molecule has 0 N–H and O–H groups in total. The van der Waals surface area contributed by atoms with Crippen molar-refractivity contribution in [1.29, 1.82) is 0 Å². The van der Waals surface area contributed by atoms with E-state index in [1.807, 2.05) is 6.92 Å².